The summed E-state index contributed by atoms with van der Waals surface area (Å²) in [4.78, 5) is 26.7. The van der Waals surface area contributed by atoms with Crippen molar-refractivity contribution in [2.24, 2.45) is 5.92 Å². The van der Waals surface area contributed by atoms with Crippen LogP contribution < -0.4 is 4.90 Å². The molecule has 0 bridgehead atoms. The van der Waals surface area contributed by atoms with Gasteiger partial charge in [0.05, 0.1) is 6.26 Å². The molecule has 1 aliphatic rings. The molecule has 0 radical (unpaired) electrons. The molecule has 0 atom stereocenters. The summed E-state index contributed by atoms with van der Waals surface area (Å²) in [6, 6.07) is 12.1. The highest BCUT2D eigenvalue weighted by Crippen LogP contribution is 2.26. The number of anilines is 1. The van der Waals surface area contributed by atoms with Gasteiger partial charge in [0, 0.05) is 50.3 Å². The second-order valence-electron chi connectivity index (χ2n) is 9.05. The molecule has 3 aromatic rings. The molecule has 2 aromatic heterocycles. The van der Waals surface area contributed by atoms with Crippen LogP contribution in [0.3, 0.4) is 0 Å². The van der Waals surface area contributed by atoms with Crippen molar-refractivity contribution in [3.63, 3.8) is 0 Å². The monoisotopic (exact) mass is 432 g/mol. The third-order valence-corrected chi connectivity index (χ3v) is 5.89. The standard InChI is InChI=1S/C26H32N4O2/c1-18(2)15-24-27-20(4)22(17-21-8-5-7-19(3)16-21)25(28-24)29-10-12-30(13-11-29)26(31)23-9-6-14-32-23/h5-9,14,16,18H,10-13,15,17H2,1-4H3. The lowest BCUT2D eigenvalue weighted by molar-refractivity contribution is 0.0714. The Hall–Kier alpha value is -3.15. The molecule has 0 unspecified atom stereocenters. The molecule has 1 aromatic carbocycles. The fourth-order valence-electron chi connectivity index (χ4n) is 4.27. The zero-order chi connectivity index (χ0) is 22.7. The highest BCUT2D eigenvalue weighted by molar-refractivity contribution is 5.91. The predicted octanol–water partition coefficient (Wildman–Crippen LogP) is 4.44. The second-order valence-corrected chi connectivity index (χ2v) is 9.05. The van der Waals surface area contributed by atoms with Gasteiger partial charge in [0.15, 0.2) is 5.76 Å². The summed E-state index contributed by atoms with van der Waals surface area (Å²) >= 11 is 0. The van der Waals surface area contributed by atoms with Gasteiger partial charge in [0.1, 0.15) is 11.6 Å². The Morgan fingerprint density at radius 1 is 1.06 bits per heavy atom. The van der Waals surface area contributed by atoms with Crippen molar-refractivity contribution < 1.29 is 9.21 Å². The van der Waals surface area contributed by atoms with Crippen LogP contribution >= 0.6 is 0 Å². The summed E-state index contributed by atoms with van der Waals surface area (Å²) in [5.74, 6) is 2.76. The van der Waals surface area contributed by atoms with Gasteiger partial charge < -0.3 is 14.2 Å². The Balaban J connectivity index is 1.59. The van der Waals surface area contributed by atoms with Crippen LogP contribution in [0.15, 0.2) is 47.1 Å². The molecule has 0 saturated carbocycles. The number of benzene rings is 1. The minimum atomic E-state index is -0.0472. The maximum Gasteiger partial charge on any atom is 0.289 e. The van der Waals surface area contributed by atoms with E-state index in [2.05, 4.69) is 56.9 Å². The van der Waals surface area contributed by atoms with Crippen molar-refractivity contribution in [2.45, 2.75) is 40.5 Å². The molecule has 1 saturated heterocycles. The molecule has 6 heteroatoms. The van der Waals surface area contributed by atoms with Gasteiger partial charge in [-0.05, 0) is 37.5 Å². The van der Waals surface area contributed by atoms with Gasteiger partial charge in [-0.15, -0.1) is 0 Å². The van der Waals surface area contributed by atoms with Gasteiger partial charge in [0.2, 0.25) is 0 Å². The number of nitrogens with zero attached hydrogens (tertiary/aromatic N) is 4. The van der Waals surface area contributed by atoms with Crippen molar-refractivity contribution in [1.82, 2.24) is 14.9 Å². The van der Waals surface area contributed by atoms with Gasteiger partial charge in [-0.1, -0.05) is 43.7 Å². The van der Waals surface area contributed by atoms with Crippen LogP contribution in [0.5, 0.6) is 0 Å². The minimum Gasteiger partial charge on any atom is -0.459 e. The number of piperazine rings is 1. The summed E-state index contributed by atoms with van der Waals surface area (Å²) in [5.41, 5.74) is 4.74. The first kappa shape index (κ1) is 22.1. The van der Waals surface area contributed by atoms with E-state index < -0.39 is 0 Å². The van der Waals surface area contributed by atoms with Crippen LogP contribution in [0.25, 0.3) is 0 Å². The molecule has 0 N–H and O–H groups in total. The predicted molar refractivity (Wildman–Crippen MR) is 126 cm³/mol. The zero-order valence-corrected chi connectivity index (χ0v) is 19.5. The van der Waals surface area contributed by atoms with Crippen LogP contribution in [-0.2, 0) is 12.8 Å². The van der Waals surface area contributed by atoms with Gasteiger partial charge >= 0.3 is 0 Å². The Morgan fingerprint density at radius 2 is 1.84 bits per heavy atom. The van der Waals surface area contributed by atoms with Crippen molar-refractivity contribution >= 4 is 11.7 Å². The number of hydrogen-bond donors (Lipinski definition) is 0. The first-order valence-corrected chi connectivity index (χ1v) is 11.4. The van der Waals surface area contributed by atoms with Crippen LogP contribution in [0, 0.1) is 19.8 Å². The largest absolute Gasteiger partial charge is 0.459 e. The summed E-state index contributed by atoms with van der Waals surface area (Å²) in [7, 11) is 0. The molecule has 168 valence electrons. The molecule has 32 heavy (non-hydrogen) atoms. The fourth-order valence-corrected chi connectivity index (χ4v) is 4.27. The highest BCUT2D eigenvalue weighted by atomic mass is 16.3. The molecule has 1 fully saturated rings. The lowest BCUT2D eigenvalue weighted by Gasteiger charge is -2.36. The molecular formula is C26H32N4O2. The van der Waals surface area contributed by atoms with E-state index >= 15 is 0 Å². The Bertz CT molecular complexity index is 1070. The van der Waals surface area contributed by atoms with E-state index in [1.165, 1.54) is 16.7 Å². The number of rotatable bonds is 6. The van der Waals surface area contributed by atoms with Crippen molar-refractivity contribution in [1.29, 1.82) is 0 Å². The van der Waals surface area contributed by atoms with Crippen molar-refractivity contribution in [2.75, 3.05) is 31.1 Å². The number of hydrogen-bond acceptors (Lipinski definition) is 5. The Morgan fingerprint density at radius 3 is 2.50 bits per heavy atom. The minimum absolute atomic E-state index is 0.0472. The molecular weight excluding hydrogens is 400 g/mol. The molecule has 0 aliphatic carbocycles. The molecule has 3 heterocycles. The molecule has 1 aliphatic heterocycles. The number of carbonyl (C=O) groups excluding carboxylic acids is 1. The van der Waals surface area contributed by atoms with E-state index in [4.69, 9.17) is 14.4 Å². The van der Waals surface area contributed by atoms with E-state index in [1.807, 2.05) is 4.90 Å². The van der Waals surface area contributed by atoms with E-state index in [9.17, 15) is 4.79 Å². The summed E-state index contributed by atoms with van der Waals surface area (Å²) < 4.78 is 5.30. The highest BCUT2D eigenvalue weighted by Gasteiger charge is 2.26. The van der Waals surface area contributed by atoms with Crippen LogP contribution in [0.2, 0.25) is 0 Å². The summed E-state index contributed by atoms with van der Waals surface area (Å²) in [6.07, 6.45) is 3.20. The van der Waals surface area contributed by atoms with Crippen molar-refractivity contribution in [3.05, 3.63) is 76.6 Å². The average molecular weight is 433 g/mol. The quantitative estimate of drug-likeness (QED) is 0.576. The maximum absolute atomic E-state index is 12.7. The third kappa shape index (κ3) is 5.01. The van der Waals surface area contributed by atoms with E-state index in [-0.39, 0.29) is 5.91 Å². The van der Waals surface area contributed by atoms with Gasteiger partial charge in [-0.25, -0.2) is 9.97 Å². The molecule has 0 spiro atoms. The number of carbonyl (C=O) groups is 1. The second kappa shape index (κ2) is 9.55. The smallest absolute Gasteiger partial charge is 0.289 e. The van der Waals surface area contributed by atoms with Crippen LogP contribution in [0.1, 0.15) is 52.6 Å². The lowest BCUT2D eigenvalue weighted by Crippen LogP contribution is -2.49. The van der Waals surface area contributed by atoms with Crippen LogP contribution in [0.4, 0.5) is 5.82 Å². The third-order valence-electron chi connectivity index (χ3n) is 5.89. The SMILES string of the molecule is Cc1cccc(Cc2c(C)nc(CC(C)C)nc2N2CCN(C(=O)c3ccco3)CC2)c1. The van der Waals surface area contributed by atoms with E-state index in [0.29, 0.717) is 24.8 Å². The van der Waals surface area contributed by atoms with Gasteiger partial charge in [-0.2, -0.15) is 0 Å². The number of aromatic nitrogens is 2. The summed E-state index contributed by atoms with van der Waals surface area (Å²) in [6.45, 7) is 11.4. The Kier molecular flexibility index (Phi) is 6.58. The van der Waals surface area contributed by atoms with Gasteiger partial charge in [-0.3, -0.25) is 4.79 Å². The van der Waals surface area contributed by atoms with E-state index in [0.717, 1.165) is 43.3 Å². The molecule has 4 rings (SSSR count). The zero-order valence-electron chi connectivity index (χ0n) is 19.5. The maximum atomic E-state index is 12.7. The first-order valence-electron chi connectivity index (χ1n) is 11.4. The lowest BCUT2D eigenvalue weighted by atomic mass is 10.0. The number of amides is 1. The average Bonchev–Trinajstić information content (AvgIpc) is 3.30. The normalized spacial score (nSPS) is 14.3. The van der Waals surface area contributed by atoms with Gasteiger partial charge in [0.25, 0.3) is 5.91 Å². The molecule has 6 nitrogen and oxygen atoms in total. The fraction of sp³-hybridized carbons (Fsp3) is 0.423. The first-order chi connectivity index (χ1) is 15.4. The Labute approximate surface area is 190 Å². The summed E-state index contributed by atoms with van der Waals surface area (Å²) in [5, 5.41) is 0. The topological polar surface area (TPSA) is 62.5 Å². The number of furan rings is 1. The van der Waals surface area contributed by atoms with E-state index in [1.54, 1.807) is 18.4 Å². The number of aryl methyl sites for hydroxylation is 2. The van der Waals surface area contributed by atoms with Crippen LogP contribution in [-0.4, -0.2) is 47.0 Å². The van der Waals surface area contributed by atoms with Crippen molar-refractivity contribution in [3.8, 4) is 0 Å². The molecule has 1 amide bonds.